The average Bonchev–Trinajstić information content (AvgIpc) is 2.92. The zero-order valence-corrected chi connectivity index (χ0v) is 9.05. The minimum absolute atomic E-state index is 0.00993. The number of carbonyl (C=O) groups excluding carboxylic acids is 1. The zero-order chi connectivity index (χ0) is 12.3. The van der Waals surface area contributed by atoms with Crippen LogP contribution in [0.15, 0.2) is 0 Å². The van der Waals surface area contributed by atoms with Gasteiger partial charge >= 0.3 is 6.18 Å². The molecular formula is C9H16F3N3O. The van der Waals surface area contributed by atoms with E-state index in [2.05, 4.69) is 5.32 Å². The Morgan fingerprint density at radius 3 is 2.44 bits per heavy atom. The summed E-state index contributed by atoms with van der Waals surface area (Å²) in [5.41, 5.74) is 5.07. The van der Waals surface area contributed by atoms with Crippen molar-refractivity contribution in [1.82, 2.24) is 10.2 Å². The largest absolute Gasteiger partial charge is 0.401 e. The fourth-order valence-corrected chi connectivity index (χ4v) is 1.57. The lowest BCUT2D eigenvalue weighted by atomic mass is 10.2. The van der Waals surface area contributed by atoms with Crippen LogP contribution in [0.4, 0.5) is 13.2 Å². The van der Waals surface area contributed by atoms with E-state index in [9.17, 15) is 18.0 Å². The maximum atomic E-state index is 12.3. The molecule has 0 aromatic carbocycles. The summed E-state index contributed by atoms with van der Waals surface area (Å²) in [7, 11) is 1.51. The zero-order valence-electron chi connectivity index (χ0n) is 9.05. The average molecular weight is 239 g/mol. The molecule has 1 rings (SSSR count). The molecule has 0 spiro atoms. The third-order valence-electron chi connectivity index (χ3n) is 2.55. The van der Waals surface area contributed by atoms with Crippen molar-refractivity contribution in [2.75, 3.05) is 20.1 Å². The number of rotatable bonds is 6. The van der Waals surface area contributed by atoms with E-state index in [1.165, 1.54) is 11.9 Å². The van der Waals surface area contributed by atoms with Gasteiger partial charge in [0.2, 0.25) is 5.91 Å². The van der Waals surface area contributed by atoms with Crippen LogP contribution in [0.1, 0.15) is 12.8 Å². The minimum Gasteiger partial charge on any atom is -0.368 e. The predicted octanol–water partition coefficient (Wildman–Crippen LogP) is 0.0864. The SMILES string of the molecule is CNC(CN(CC(F)(F)F)C1CC1)C(N)=O. The Labute approximate surface area is 92.0 Å². The van der Waals surface area contributed by atoms with Gasteiger partial charge < -0.3 is 11.1 Å². The molecule has 4 nitrogen and oxygen atoms in total. The van der Waals surface area contributed by atoms with Gasteiger partial charge in [0, 0.05) is 12.6 Å². The van der Waals surface area contributed by atoms with Gasteiger partial charge in [-0.3, -0.25) is 9.69 Å². The van der Waals surface area contributed by atoms with Crippen molar-refractivity contribution in [3.8, 4) is 0 Å². The molecular weight excluding hydrogens is 223 g/mol. The van der Waals surface area contributed by atoms with E-state index in [1.54, 1.807) is 0 Å². The van der Waals surface area contributed by atoms with Gasteiger partial charge in [0.25, 0.3) is 0 Å². The molecule has 94 valence electrons. The number of nitrogens with one attached hydrogen (secondary N) is 1. The molecule has 0 radical (unpaired) electrons. The highest BCUT2D eigenvalue weighted by Crippen LogP contribution is 2.30. The molecule has 1 fully saturated rings. The standard InChI is InChI=1S/C9H16F3N3O/c1-14-7(8(13)16)4-15(6-2-3-6)5-9(10,11)12/h6-7,14H,2-5H2,1H3,(H2,13,16). The molecule has 1 aliphatic rings. The molecule has 0 bridgehead atoms. The van der Waals surface area contributed by atoms with Crippen molar-refractivity contribution in [1.29, 1.82) is 0 Å². The van der Waals surface area contributed by atoms with Crippen LogP contribution in [0.25, 0.3) is 0 Å². The van der Waals surface area contributed by atoms with Gasteiger partial charge in [-0.25, -0.2) is 0 Å². The summed E-state index contributed by atoms with van der Waals surface area (Å²) in [5.74, 6) is -0.629. The lowest BCUT2D eigenvalue weighted by molar-refractivity contribution is -0.149. The smallest absolute Gasteiger partial charge is 0.368 e. The highest BCUT2D eigenvalue weighted by Gasteiger charge is 2.39. The molecule has 16 heavy (non-hydrogen) atoms. The van der Waals surface area contributed by atoms with E-state index in [1.807, 2.05) is 0 Å². The fraction of sp³-hybridized carbons (Fsp3) is 0.889. The van der Waals surface area contributed by atoms with Crippen molar-refractivity contribution < 1.29 is 18.0 Å². The molecule has 3 N–H and O–H groups in total. The van der Waals surface area contributed by atoms with E-state index in [0.717, 1.165) is 12.8 Å². The first-order valence-electron chi connectivity index (χ1n) is 5.11. The Morgan fingerprint density at radius 1 is 1.56 bits per heavy atom. The first-order valence-corrected chi connectivity index (χ1v) is 5.11. The Kier molecular flexibility index (Phi) is 4.15. The van der Waals surface area contributed by atoms with Gasteiger partial charge in [0.1, 0.15) is 0 Å². The molecule has 0 heterocycles. The minimum atomic E-state index is -4.24. The van der Waals surface area contributed by atoms with Gasteiger partial charge in [0.05, 0.1) is 12.6 Å². The highest BCUT2D eigenvalue weighted by molar-refractivity contribution is 5.80. The molecule has 1 saturated carbocycles. The van der Waals surface area contributed by atoms with E-state index in [0.29, 0.717) is 0 Å². The van der Waals surface area contributed by atoms with Crippen molar-refractivity contribution in [2.24, 2.45) is 5.73 Å². The summed E-state index contributed by atoms with van der Waals surface area (Å²) in [6.45, 7) is -0.973. The second-order valence-corrected chi connectivity index (χ2v) is 4.02. The number of hydrogen-bond acceptors (Lipinski definition) is 3. The monoisotopic (exact) mass is 239 g/mol. The lowest BCUT2D eigenvalue weighted by Crippen LogP contribution is -2.50. The number of nitrogens with two attached hydrogens (primary N) is 1. The molecule has 1 aliphatic carbocycles. The maximum Gasteiger partial charge on any atom is 0.401 e. The molecule has 0 saturated heterocycles. The third-order valence-corrected chi connectivity index (χ3v) is 2.55. The van der Waals surface area contributed by atoms with Crippen LogP contribution in [0.5, 0.6) is 0 Å². The van der Waals surface area contributed by atoms with Crippen molar-refractivity contribution in [2.45, 2.75) is 31.1 Å². The lowest BCUT2D eigenvalue weighted by Gasteiger charge is -2.26. The Balaban J connectivity index is 2.53. The number of primary amides is 1. The number of likely N-dealkylation sites (N-methyl/N-ethyl adjacent to an activating group) is 1. The van der Waals surface area contributed by atoms with Crippen LogP contribution >= 0.6 is 0 Å². The first kappa shape index (κ1) is 13.2. The molecule has 0 aliphatic heterocycles. The number of carbonyl (C=O) groups is 1. The molecule has 0 aromatic heterocycles. The Bertz CT molecular complexity index is 253. The van der Waals surface area contributed by atoms with Crippen LogP contribution in [-0.2, 0) is 4.79 Å². The van der Waals surface area contributed by atoms with Gasteiger partial charge in [-0.15, -0.1) is 0 Å². The summed E-state index contributed by atoms with van der Waals surface area (Å²) in [5, 5.41) is 2.62. The van der Waals surface area contributed by atoms with Crippen LogP contribution in [-0.4, -0.2) is 49.2 Å². The molecule has 7 heteroatoms. The van der Waals surface area contributed by atoms with Gasteiger partial charge in [0.15, 0.2) is 0 Å². The summed E-state index contributed by atoms with van der Waals surface area (Å²) in [6.07, 6.45) is -2.73. The predicted molar refractivity (Wildman–Crippen MR) is 52.7 cm³/mol. The second kappa shape index (κ2) is 5.01. The van der Waals surface area contributed by atoms with E-state index in [-0.39, 0.29) is 12.6 Å². The van der Waals surface area contributed by atoms with E-state index >= 15 is 0 Å². The summed E-state index contributed by atoms with van der Waals surface area (Å²) >= 11 is 0. The van der Waals surface area contributed by atoms with Gasteiger partial charge in [-0.1, -0.05) is 0 Å². The number of amides is 1. The maximum absolute atomic E-state index is 12.3. The quantitative estimate of drug-likeness (QED) is 0.690. The topological polar surface area (TPSA) is 58.4 Å². The fourth-order valence-electron chi connectivity index (χ4n) is 1.57. The summed E-state index contributed by atoms with van der Waals surface area (Å²) in [4.78, 5) is 12.2. The van der Waals surface area contributed by atoms with Crippen molar-refractivity contribution >= 4 is 5.91 Å². The highest BCUT2D eigenvalue weighted by atomic mass is 19.4. The second-order valence-electron chi connectivity index (χ2n) is 4.02. The van der Waals surface area contributed by atoms with E-state index in [4.69, 9.17) is 5.73 Å². The van der Waals surface area contributed by atoms with Crippen LogP contribution in [0.3, 0.4) is 0 Å². The Hall–Kier alpha value is -0.820. The van der Waals surface area contributed by atoms with Crippen molar-refractivity contribution in [3.63, 3.8) is 0 Å². The molecule has 1 amide bonds. The number of alkyl halides is 3. The number of nitrogens with zero attached hydrogens (tertiary/aromatic N) is 1. The molecule has 1 unspecified atom stereocenters. The molecule has 0 aromatic rings. The summed E-state index contributed by atoms with van der Waals surface area (Å²) < 4.78 is 36.8. The first-order chi connectivity index (χ1) is 7.33. The van der Waals surface area contributed by atoms with Gasteiger partial charge in [-0.05, 0) is 19.9 Å². The van der Waals surface area contributed by atoms with Crippen LogP contribution < -0.4 is 11.1 Å². The van der Waals surface area contributed by atoms with Crippen molar-refractivity contribution in [3.05, 3.63) is 0 Å². The summed E-state index contributed by atoms with van der Waals surface area (Å²) in [6, 6.07) is -0.792. The normalized spacial score (nSPS) is 18.8. The van der Waals surface area contributed by atoms with Gasteiger partial charge in [-0.2, -0.15) is 13.2 Å². The number of halogens is 3. The van der Waals surface area contributed by atoms with Crippen LogP contribution in [0.2, 0.25) is 0 Å². The van der Waals surface area contributed by atoms with Crippen LogP contribution in [0, 0.1) is 0 Å². The Morgan fingerprint density at radius 2 is 2.12 bits per heavy atom. The third kappa shape index (κ3) is 4.36. The van der Waals surface area contributed by atoms with E-state index < -0.39 is 24.7 Å². The number of hydrogen-bond donors (Lipinski definition) is 2. The molecule has 1 atom stereocenters.